The van der Waals surface area contributed by atoms with Crippen molar-refractivity contribution >= 4 is 5.91 Å². The smallest absolute Gasteiger partial charge is 0.254 e. The van der Waals surface area contributed by atoms with Crippen molar-refractivity contribution in [2.45, 2.75) is 18.9 Å². The highest BCUT2D eigenvalue weighted by Crippen LogP contribution is 2.33. The zero-order valence-corrected chi connectivity index (χ0v) is 13.4. The van der Waals surface area contributed by atoms with Gasteiger partial charge in [0.1, 0.15) is 12.4 Å². The van der Waals surface area contributed by atoms with Crippen LogP contribution in [0.25, 0.3) is 0 Å². The molecular formula is C18H24N2O3. The first kappa shape index (κ1) is 15.0. The minimum Gasteiger partial charge on any atom is -0.492 e. The second kappa shape index (κ2) is 6.49. The molecule has 124 valence electrons. The third kappa shape index (κ3) is 3.85. The van der Waals surface area contributed by atoms with Gasteiger partial charge in [-0.1, -0.05) is 6.07 Å². The van der Waals surface area contributed by atoms with E-state index >= 15 is 0 Å². The first-order valence-electron chi connectivity index (χ1n) is 8.63. The van der Waals surface area contributed by atoms with Crippen molar-refractivity contribution in [3.05, 3.63) is 29.8 Å². The summed E-state index contributed by atoms with van der Waals surface area (Å²) in [6.45, 7) is 5.71. The fraction of sp³-hybridized carbons (Fsp3) is 0.611. The minimum atomic E-state index is 0.0699. The van der Waals surface area contributed by atoms with E-state index in [4.69, 9.17) is 9.47 Å². The lowest BCUT2D eigenvalue weighted by atomic mass is 10.2. The van der Waals surface area contributed by atoms with Crippen molar-refractivity contribution in [3.63, 3.8) is 0 Å². The van der Waals surface area contributed by atoms with E-state index in [-0.39, 0.29) is 5.91 Å². The summed E-state index contributed by atoms with van der Waals surface area (Å²) in [6, 6.07) is 8.13. The lowest BCUT2D eigenvalue weighted by Crippen LogP contribution is -2.40. The highest BCUT2D eigenvalue weighted by atomic mass is 16.5. The van der Waals surface area contributed by atoms with Crippen molar-refractivity contribution in [2.75, 3.05) is 46.0 Å². The first-order valence-corrected chi connectivity index (χ1v) is 8.63. The van der Waals surface area contributed by atoms with Crippen LogP contribution in [0.4, 0.5) is 0 Å². The maximum absolute atomic E-state index is 12.5. The number of carbonyl (C=O) groups excluding carboxylic acids is 1. The van der Waals surface area contributed by atoms with Gasteiger partial charge in [-0.2, -0.15) is 0 Å². The molecule has 2 atom stereocenters. The summed E-state index contributed by atoms with van der Waals surface area (Å²) in [5.74, 6) is 1.80. The average Bonchev–Trinajstić information content (AvgIpc) is 3.52. The number of benzene rings is 1. The first-order chi connectivity index (χ1) is 11.3. The summed E-state index contributed by atoms with van der Waals surface area (Å²) in [4.78, 5) is 16.8. The zero-order valence-electron chi connectivity index (χ0n) is 13.4. The van der Waals surface area contributed by atoms with Crippen LogP contribution in [-0.4, -0.2) is 67.7 Å². The molecule has 2 aliphatic heterocycles. The lowest BCUT2D eigenvalue weighted by Gasteiger charge is -2.27. The summed E-state index contributed by atoms with van der Waals surface area (Å²) >= 11 is 0. The molecule has 3 fully saturated rings. The molecule has 0 bridgehead atoms. The molecule has 1 aliphatic carbocycles. The Bertz CT molecular complexity index is 567. The summed E-state index contributed by atoms with van der Waals surface area (Å²) in [7, 11) is 0. The molecule has 1 aromatic rings. The van der Waals surface area contributed by atoms with Crippen LogP contribution in [0.15, 0.2) is 24.3 Å². The zero-order chi connectivity index (χ0) is 15.6. The lowest BCUT2D eigenvalue weighted by molar-refractivity contribution is 0.0302. The molecule has 0 aromatic heterocycles. The number of ether oxygens (including phenoxy) is 2. The molecule has 2 unspecified atom stereocenters. The molecule has 1 amide bonds. The third-order valence-corrected chi connectivity index (χ3v) is 4.84. The number of nitrogens with zero attached hydrogens (tertiary/aromatic N) is 2. The van der Waals surface area contributed by atoms with Crippen molar-refractivity contribution in [2.24, 2.45) is 5.92 Å². The van der Waals surface area contributed by atoms with Crippen LogP contribution in [0.2, 0.25) is 0 Å². The Hall–Kier alpha value is -1.59. The van der Waals surface area contributed by atoms with Gasteiger partial charge in [-0.25, -0.2) is 0 Å². The molecular weight excluding hydrogens is 292 g/mol. The Morgan fingerprint density at radius 3 is 2.87 bits per heavy atom. The van der Waals surface area contributed by atoms with E-state index in [1.54, 1.807) is 0 Å². The van der Waals surface area contributed by atoms with Gasteiger partial charge in [0, 0.05) is 31.7 Å². The van der Waals surface area contributed by atoms with E-state index in [9.17, 15) is 4.79 Å². The van der Waals surface area contributed by atoms with Gasteiger partial charge in [0.15, 0.2) is 0 Å². The van der Waals surface area contributed by atoms with Crippen LogP contribution in [-0.2, 0) is 4.74 Å². The van der Waals surface area contributed by atoms with Gasteiger partial charge in [0.2, 0.25) is 0 Å². The molecule has 0 spiro atoms. The number of morpholine rings is 1. The van der Waals surface area contributed by atoms with Gasteiger partial charge < -0.3 is 14.4 Å². The van der Waals surface area contributed by atoms with Crippen LogP contribution >= 0.6 is 0 Å². The molecule has 2 saturated heterocycles. The van der Waals surface area contributed by atoms with E-state index in [2.05, 4.69) is 4.90 Å². The summed E-state index contributed by atoms with van der Waals surface area (Å²) in [6.07, 6.45) is 2.80. The van der Waals surface area contributed by atoms with Crippen molar-refractivity contribution in [1.82, 2.24) is 9.80 Å². The van der Waals surface area contributed by atoms with Crippen LogP contribution in [0.5, 0.6) is 5.75 Å². The van der Waals surface area contributed by atoms with E-state index in [0.29, 0.717) is 37.9 Å². The number of carbonyl (C=O) groups is 1. The second-order valence-corrected chi connectivity index (χ2v) is 6.79. The van der Waals surface area contributed by atoms with E-state index < -0.39 is 0 Å². The van der Waals surface area contributed by atoms with E-state index in [1.807, 2.05) is 29.2 Å². The highest BCUT2D eigenvalue weighted by molar-refractivity contribution is 5.94. The summed E-state index contributed by atoms with van der Waals surface area (Å²) in [5.41, 5.74) is 0.704. The molecule has 4 rings (SSSR count). The van der Waals surface area contributed by atoms with Crippen LogP contribution in [0.3, 0.4) is 0 Å². The standard InChI is InChI=1S/C18H24N2O3/c21-18(19-6-8-22-9-7-19)15-2-1-3-17(10-15)23-13-16-12-20(16)11-14-4-5-14/h1-3,10,14,16H,4-9,11-13H2. The van der Waals surface area contributed by atoms with Crippen molar-refractivity contribution in [3.8, 4) is 5.75 Å². The Balaban J connectivity index is 1.30. The molecule has 1 aromatic carbocycles. The van der Waals surface area contributed by atoms with Crippen LogP contribution < -0.4 is 4.74 Å². The molecule has 1 saturated carbocycles. The summed E-state index contributed by atoms with van der Waals surface area (Å²) in [5, 5.41) is 0. The quantitative estimate of drug-likeness (QED) is 0.748. The molecule has 5 nitrogen and oxygen atoms in total. The monoisotopic (exact) mass is 316 g/mol. The number of hydrogen-bond acceptors (Lipinski definition) is 4. The molecule has 0 radical (unpaired) electrons. The SMILES string of the molecule is O=C(c1cccc(OCC2CN2CC2CC2)c1)N1CCOCC1. The van der Waals surface area contributed by atoms with E-state index in [0.717, 1.165) is 24.8 Å². The number of rotatable bonds is 6. The van der Waals surface area contributed by atoms with Gasteiger partial charge in [0.05, 0.1) is 19.3 Å². The Morgan fingerprint density at radius 1 is 1.26 bits per heavy atom. The molecule has 0 N–H and O–H groups in total. The fourth-order valence-corrected chi connectivity index (χ4v) is 3.10. The third-order valence-electron chi connectivity index (χ3n) is 4.84. The molecule has 2 heterocycles. The van der Waals surface area contributed by atoms with Crippen molar-refractivity contribution in [1.29, 1.82) is 0 Å². The largest absolute Gasteiger partial charge is 0.492 e. The van der Waals surface area contributed by atoms with Gasteiger partial charge in [-0.15, -0.1) is 0 Å². The Labute approximate surface area is 137 Å². The predicted molar refractivity (Wildman–Crippen MR) is 86.7 cm³/mol. The van der Waals surface area contributed by atoms with E-state index in [1.165, 1.54) is 19.4 Å². The van der Waals surface area contributed by atoms with Gasteiger partial charge >= 0.3 is 0 Å². The van der Waals surface area contributed by atoms with Gasteiger partial charge in [-0.05, 0) is 37.0 Å². The normalized spacial score (nSPS) is 26.9. The minimum absolute atomic E-state index is 0.0699. The average molecular weight is 316 g/mol. The van der Waals surface area contributed by atoms with Crippen LogP contribution in [0.1, 0.15) is 23.2 Å². The Morgan fingerprint density at radius 2 is 2.09 bits per heavy atom. The molecule has 3 aliphatic rings. The molecule has 5 heteroatoms. The second-order valence-electron chi connectivity index (χ2n) is 6.79. The number of amides is 1. The van der Waals surface area contributed by atoms with Gasteiger partial charge in [0.25, 0.3) is 5.91 Å². The number of hydrogen-bond donors (Lipinski definition) is 0. The molecule has 23 heavy (non-hydrogen) atoms. The highest BCUT2D eigenvalue weighted by Gasteiger charge is 2.38. The van der Waals surface area contributed by atoms with Gasteiger partial charge in [-0.3, -0.25) is 9.69 Å². The Kier molecular flexibility index (Phi) is 4.23. The maximum Gasteiger partial charge on any atom is 0.254 e. The fourth-order valence-electron chi connectivity index (χ4n) is 3.10. The predicted octanol–water partition coefficient (Wildman–Crippen LogP) is 1.63. The van der Waals surface area contributed by atoms with Crippen molar-refractivity contribution < 1.29 is 14.3 Å². The summed E-state index contributed by atoms with van der Waals surface area (Å²) < 4.78 is 11.2. The van der Waals surface area contributed by atoms with Crippen LogP contribution in [0, 0.1) is 5.92 Å². The topological polar surface area (TPSA) is 41.8 Å². The maximum atomic E-state index is 12.5.